The van der Waals surface area contributed by atoms with Crippen LogP contribution >= 0.6 is 11.6 Å². The van der Waals surface area contributed by atoms with Crippen molar-refractivity contribution in [3.05, 3.63) is 28.4 Å². The molecule has 1 N–H and O–H groups in total. The zero-order valence-corrected chi connectivity index (χ0v) is 6.35. The van der Waals surface area contributed by atoms with Gasteiger partial charge in [0.25, 0.3) is 5.56 Å². The molecule has 0 aliphatic heterocycles. The summed E-state index contributed by atoms with van der Waals surface area (Å²) in [6.45, 7) is 0. The number of aromatic amines is 1. The topological polar surface area (TPSA) is 45.8 Å². The van der Waals surface area contributed by atoms with Crippen LogP contribution in [0.3, 0.4) is 0 Å². The number of nitrogens with zero attached hydrogens (tertiary/aromatic N) is 1. The van der Waals surface area contributed by atoms with E-state index in [1.165, 1.54) is 12.4 Å². The largest absolute Gasteiger partial charge is 0.325 e. The summed E-state index contributed by atoms with van der Waals surface area (Å²) in [5.74, 6) is 5.54. The maximum atomic E-state index is 10.5. The highest BCUT2D eigenvalue weighted by Crippen LogP contribution is 1.82. The molecule has 0 unspecified atom stereocenters. The molecule has 56 valence electrons. The van der Waals surface area contributed by atoms with Crippen LogP contribution in [-0.2, 0) is 0 Å². The van der Waals surface area contributed by atoms with Crippen molar-refractivity contribution >= 4 is 11.6 Å². The summed E-state index contributed by atoms with van der Waals surface area (Å²) in [4.78, 5) is 16.7. The molecule has 0 saturated carbocycles. The van der Waals surface area contributed by atoms with E-state index in [4.69, 9.17) is 11.6 Å². The lowest BCUT2D eigenvalue weighted by Gasteiger charge is -1.84. The molecule has 1 aromatic heterocycles. The molecule has 1 rings (SSSR count). The molecule has 0 bridgehead atoms. The van der Waals surface area contributed by atoms with Gasteiger partial charge in [0.15, 0.2) is 0 Å². The van der Waals surface area contributed by atoms with Crippen molar-refractivity contribution in [3.8, 4) is 11.8 Å². The lowest BCUT2D eigenvalue weighted by atomic mass is 10.4. The Balaban J connectivity index is 2.90. The number of H-pyrrole nitrogens is 1. The summed E-state index contributed by atoms with van der Waals surface area (Å²) in [6, 6.07) is 0. The van der Waals surface area contributed by atoms with Crippen LogP contribution in [0.1, 0.15) is 5.69 Å². The molecule has 11 heavy (non-hydrogen) atoms. The third kappa shape index (κ3) is 2.44. The first-order valence-electron chi connectivity index (χ1n) is 2.92. The van der Waals surface area contributed by atoms with E-state index in [1.807, 2.05) is 0 Å². The minimum atomic E-state index is -0.235. The average Bonchev–Trinajstić information content (AvgIpc) is 2.04. The van der Waals surface area contributed by atoms with Crippen molar-refractivity contribution in [1.82, 2.24) is 9.97 Å². The van der Waals surface area contributed by atoms with Crippen LogP contribution in [0.15, 0.2) is 17.2 Å². The van der Waals surface area contributed by atoms with E-state index in [0.29, 0.717) is 5.69 Å². The normalized spacial score (nSPS) is 8.45. The third-order valence-corrected chi connectivity index (χ3v) is 1.09. The molecule has 0 aliphatic rings. The number of nitrogens with one attached hydrogen (secondary N) is 1. The van der Waals surface area contributed by atoms with Crippen LogP contribution < -0.4 is 5.56 Å². The van der Waals surface area contributed by atoms with E-state index in [2.05, 4.69) is 21.8 Å². The Labute approximate surface area is 68.4 Å². The first kappa shape index (κ1) is 7.83. The van der Waals surface area contributed by atoms with Gasteiger partial charge in [0.05, 0.1) is 12.1 Å². The predicted octanol–water partition coefficient (Wildman–Crippen LogP) is 0.360. The summed E-state index contributed by atoms with van der Waals surface area (Å²) in [7, 11) is 0. The molecular weight excluding hydrogens is 164 g/mol. The van der Waals surface area contributed by atoms with Crippen LogP contribution in [-0.4, -0.2) is 15.8 Å². The van der Waals surface area contributed by atoms with Crippen LogP contribution in [0.2, 0.25) is 0 Å². The molecule has 1 heterocycles. The van der Waals surface area contributed by atoms with Crippen molar-refractivity contribution in [1.29, 1.82) is 0 Å². The minimum Gasteiger partial charge on any atom is -0.325 e. The highest BCUT2D eigenvalue weighted by Gasteiger charge is 1.85. The number of hydrogen-bond donors (Lipinski definition) is 1. The first-order valence-corrected chi connectivity index (χ1v) is 3.46. The van der Waals surface area contributed by atoms with Gasteiger partial charge in [-0.1, -0.05) is 5.92 Å². The van der Waals surface area contributed by atoms with Crippen molar-refractivity contribution in [2.45, 2.75) is 0 Å². The molecular formula is C7H5ClN2O. The van der Waals surface area contributed by atoms with Gasteiger partial charge in [-0.2, -0.15) is 0 Å². The third-order valence-electron chi connectivity index (χ3n) is 0.955. The fourth-order valence-electron chi connectivity index (χ4n) is 0.535. The molecule has 4 heteroatoms. The second-order valence-electron chi connectivity index (χ2n) is 1.73. The Morgan fingerprint density at radius 2 is 2.55 bits per heavy atom. The lowest BCUT2D eigenvalue weighted by Crippen LogP contribution is -2.04. The summed E-state index contributed by atoms with van der Waals surface area (Å²) < 4.78 is 0. The van der Waals surface area contributed by atoms with Gasteiger partial charge in [0.1, 0.15) is 5.69 Å². The number of halogens is 1. The van der Waals surface area contributed by atoms with E-state index in [0.717, 1.165) is 0 Å². The van der Waals surface area contributed by atoms with Crippen LogP contribution in [0.4, 0.5) is 0 Å². The molecule has 0 spiro atoms. The number of alkyl halides is 1. The molecule has 0 atom stereocenters. The maximum absolute atomic E-state index is 10.5. The standard InChI is InChI=1S/C7H5ClN2O/c8-3-1-2-6-4-10-7(11)5-9-6/h4-5H,3H2,(H,10,11). The Hall–Kier alpha value is -1.27. The van der Waals surface area contributed by atoms with Gasteiger partial charge in [-0.15, -0.1) is 11.6 Å². The highest BCUT2D eigenvalue weighted by molar-refractivity contribution is 6.19. The Morgan fingerprint density at radius 3 is 3.09 bits per heavy atom. The van der Waals surface area contributed by atoms with E-state index < -0.39 is 0 Å². The van der Waals surface area contributed by atoms with Gasteiger partial charge in [-0.25, -0.2) is 4.98 Å². The van der Waals surface area contributed by atoms with Gasteiger partial charge in [0.2, 0.25) is 0 Å². The molecule has 0 aliphatic carbocycles. The SMILES string of the molecule is O=c1cnc(C#CCCl)c[nH]1. The zero-order chi connectivity index (χ0) is 8.10. The summed E-state index contributed by atoms with van der Waals surface area (Å²) >= 11 is 5.31. The zero-order valence-electron chi connectivity index (χ0n) is 5.60. The smallest absolute Gasteiger partial charge is 0.266 e. The maximum Gasteiger partial charge on any atom is 0.266 e. The van der Waals surface area contributed by atoms with E-state index in [9.17, 15) is 4.79 Å². The Morgan fingerprint density at radius 1 is 1.73 bits per heavy atom. The van der Waals surface area contributed by atoms with Crippen LogP contribution in [0.25, 0.3) is 0 Å². The van der Waals surface area contributed by atoms with Crippen LogP contribution in [0, 0.1) is 11.8 Å². The van der Waals surface area contributed by atoms with E-state index in [-0.39, 0.29) is 11.4 Å². The fourth-order valence-corrected chi connectivity index (χ4v) is 0.601. The van der Waals surface area contributed by atoms with Crippen LogP contribution in [0.5, 0.6) is 0 Å². The number of hydrogen-bond acceptors (Lipinski definition) is 2. The summed E-state index contributed by atoms with van der Waals surface area (Å²) in [5.41, 5.74) is 0.284. The number of aromatic nitrogens is 2. The molecule has 0 fully saturated rings. The molecule has 0 radical (unpaired) electrons. The molecule has 1 aromatic rings. The lowest BCUT2D eigenvalue weighted by molar-refractivity contribution is 1.12. The van der Waals surface area contributed by atoms with Crippen molar-refractivity contribution in [2.75, 3.05) is 5.88 Å². The Kier molecular flexibility index (Phi) is 2.70. The quantitative estimate of drug-likeness (QED) is 0.449. The molecule has 0 saturated heterocycles. The Bertz CT molecular complexity index is 327. The highest BCUT2D eigenvalue weighted by atomic mass is 35.5. The summed E-state index contributed by atoms with van der Waals surface area (Å²) in [6.07, 6.45) is 2.63. The van der Waals surface area contributed by atoms with Gasteiger partial charge in [-0.05, 0) is 5.92 Å². The average molecular weight is 169 g/mol. The number of rotatable bonds is 0. The van der Waals surface area contributed by atoms with E-state index >= 15 is 0 Å². The van der Waals surface area contributed by atoms with Crippen molar-refractivity contribution in [3.63, 3.8) is 0 Å². The van der Waals surface area contributed by atoms with Crippen molar-refractivity contribution in [2.24, 2.45) is 0 Å². The van der Waals surface area contributed by atoms with Gasteiger partial charge >= 0.3 is 0 Å². The second-order valence-corrected chi connectivity index (χ2v) is 2.00. The predicted molar refractivity (Wildman–Crippen MR) is 42.5 cm³/mol. The monoisotopic (exact) mass is 168 g/mol. The van der Waals surface area contributed by atoms with Gasteiger partial charge < -0.3 is 4.98 Å². The molecule has 3 nitrogen and oxygen atoms in total. The summed E-state index contributed by atoms with van der Waals surface area (Å²) in [5, 5.41) is 0. The van der Waals surface area contributed by atoms with Gasteiger partial charge in [0, 0.05) is 6.20 Å². The van der Waals surface area contributed by atoms with Gasteiger partial charge in [-0.3, -0.25) is 4.79 Å². The fraction of sp³-hybridized carbons (Fsp3) is 0.143. The molecule has 0 amide bonds. The van der Waals surface area contributed by atoms with Crippen molar-refractivity contribution < 1.29 is 0 Å². The molecule has 0 aromatic carbocycles. The first-order chi connectivity index (χ1) is 5.33. The minimum absolute atomic E-state index is 0.235. The second kappa shape index (κ2) is 3.79. The van der Waals surface area contributed by atoms with E-state index in [1.54, 1.807) is 0 Å².